The van der Waals surface area contributed by atoms with Crippen molar-refractivity contribution in [3.8, 4) is 0 Å². The summed E-state index contributed by atoms with van der Waals surface area (Å²) in [6.45, 7) is 4.66. The molecule has 2 aromatic carbocycles. The number of benzene rings is 2. The molecule has 1 fully saturated rings. The monoisotopic (exact) mass is 530 g/mol. The molecule has 1 N–H and O–H groups in total. The largest absolute Gasteiger partial charge is 0.352 e. The summed E-state index contributed by atoms with van der Waals surface area (Å²) in [6, 6.07) is 10.6. The Bertz CT molecular complexity index is 1270. The molecule has 0 saturated heterocycles. The van der Waals surface area contributed by atoms with E-state index in [-0.39, 0.29) is 29.9 Å². The van der Waals surface area contributed by atoms with E-state index in [2.05, 4.69) is 5.32 Å². The van der Waals surface area contributed by atoms with Crippen molar-refractivity contribution >= 4 is 33.2 Å². The van der Waals surface area contributed by atoms with Gasteiger partial charge in [0, 0.05) is 24.7 Å². The molecule has 0 spiro atoms. The third-order valence-electron chi connectivity index (χ3n) is 6.66. The predicted octanol–water partition coefficient (Wildman–Crippen LogP) is 3.45. The van der Waals surface area contributed by atoms with Crippen LogP contribution in [0.1, 0.15) is 49.3 Å². The number of carbonyl (C=O) groups is 2. The van der Waals surface area contributed by atoms with Gasteiger partial charge in [0.2, 0.25) is 21.8 Å². The quantitative estimate of drug-likeness (QED) is 0.370. The van der Waals surface area contributed by atoms with Crippen molar-refractivity contribution in [1.29, 1.82) is 0 Å². The number of rotatable bonds is 10. The number of amides is 2. The first-order valence-corrected chi connectivity index (χ1v) is 14.1. The average molecular weight is 531 g/mol. The van der Waals surface area contributed by atoms with E-state index in [4.69, 9.17) is 0 Å². The van der Waals surface area contributed by atoms with E-state index in [1.807, 2.05) is 31.2 Å². The molecule has 1 aliphatic carbocycles. The van der Waals surface area contributed by atoms with Crippen molar-refractivity contribution in [2.45, 2.75) is 65.1 Å². The fourth-order valence-electron chi connectivity index (χ4n) is 4.56. The number of sulfonamides is 1. The van der Waals surface area contributed by atoms with E-state index in [0.29, 0.717) is 5.56 Å². The number of hydrogen-bond acceptors (Lipinski definition) is 6. The summed E-state index contributed by atoms with van der Waals surface area (Å²) in [4.78, 5) is 38.9. The van der Waals surface area contributed by atoms with E-state index < -0.39 is 33.4 Å². The number of anilines is 1. The highest BCUT2D eigenvalue weighted by molar-refractivity contribution is 7.92. The molecule has 11 heteroatoms. The molecular formula is C26H34N4O6S. The summed E-state index contributed by atoms with van der Waals surface area (Å²) < 4.78 is 26.4. The van der Waals surface area contributed by atoms with Crippen LogP contribution in [-0.4, -0.2) is 54.9 Å². The van der Waals surface area contributed by atoms with Gasteiger partial charge in [-0.05, 0) is 44.7 Å². The molecule has 200 valence electrons. The zero-order chi connectivity index (χ0) is 27.3. The van der Waals surface area contributed by atoms with E-state index in [1.165, 1.54) is 17.0 Å². The molecule has 10 nitrogen and oxygen atoms in total. The van der Waals surface area contributed by atoms with Gasteiger partial charge in [-0.3, -0.25) is 24.0 Å². The van der Waals surface area contributed by atoms with Gasteiger partial charge in [0.25, 0.3) is 5.69 Å². The minimum Gasteiger partial charge on any atom is -0.352 e. The molecule has 1 saturated carbocycles. The summed E-state index contributed by atoms with van der Waals surface area (Å²) in [7, 11) is -3.99. The van der Waals surface area contributed by atoms with E-state index in [0.717, 1.165) is 53.4 Å². The number of nitrogens with one attached hydrogen (secondary N) is 1. The highest BCUT2D eigenvalue weighted by Gasteiger charge is 2.32. The van der Waals surface area contributed by atoms with Crippen LogP contribution in [0.5, 0.6) is 0 Å². The summed E-state index contributed by atoms with van der Waals surface area (Å²) in [5, 5.41) is 14.3. The Labute approximate surface area is 217 Å². The van der Waals surface area contributed by atoms with Crippen LogP contribution in [0.15, 0.2) is 42.5 Å². The van der Waals surface area contributed by atoms with Crippen LogP contribution in [0, 0.1) is 24.0 Å². The number of nitrogens with zero attached hydrogens (tertiary/aromatic N) is 3. The van der Waals surface area contributed by atoms with Gasteiger partial charge in [-0.2, -0.15) is 0 Å². The number of carbonyl (C=O) groups excluding carboxylic acids is 2. The Morgan fingerprint density at radius 2 is 1.81 bits per heavy atom. The molecule has 0 aliphatic heterocycles. The maximum atomic E-state index is 13.7. The first kappa shape index (κ1) is 28.1. The fourth-order valence-corrected chi connectivity index (χ4v) is 5.46. The highest BCUT2D eigenvalue weighted by atomic mass is 32.2. The molecule has 1 aliphatic rings. The van der Waals surface area contributed by atoms with Crippen molar-refractivity contribution in [2.24, 2.45) is 0 Å². The van der Waals surface area contributed by atoms with Crippen molar-refractivity contribution in [3.63, 3.8) is 0 Å². The van der Waals surface area contributed by atoms with E-state index in [9.17, 15) is 28.1 Å². The minimum absolute atomic E-state index is 0.0450. The van der Waals surface area contributed by atoms with Crippen LogP contribution in [0.4, 0.5) is 11.4 Å². The molecule has 0 aromatic heterocycles. The Morgan fingerprint density at radius 1 is 1.14 bits per heavy atom. The molecule has 0 unspecified atom stereocenters. The third-order valence-corrected chi connectivity index (χ3v) is 7.78. The number of nitro groups is 1. The van der Waals surface area contributed by atoms with E-state index >= 15 is 0 Å². The van der Waals surface area contributed by atoms with Gasteiger partial charge in [-0.15, -0.1) is 0 Å². The van der Waals surface area contributed by atoms with Gasteiger partial charge < -0.3 is 10.2 Å². The standard InChI is InChI=1S/C26H34N4O6S/c1-18-8-7-9-21(14-18)16-28(20(3)26(32)27-22-10-5-6-11-22)25(31)17-29(37(4,35)36)24-15-23(30(33)34)13-12-19(24)2/h7-9,12-15,20,22H,5-6,10-11,16-17H2,1-4H3,(H,27,32)/t20-/m1/s1. The summed E-state index contributed by atoms with van der Waals surface area (Å²) in [6.07, 6.45) is 4.80. The molecule has 3 rings (SSSR count). The molecule has 2 aromatic rings. The lowest BCUT2D eigenvalue weighted by Gasteiger charge is -2.32. The summed E-state index contributed by atoms with van der Waals surface area (Å²) in [5.41, 5.74) is 2.00. The maximum absolute atomic E-state index is 13.7. The average Bonchev–Trinajstić information content (AvgIpc) is 3.33. The van der Waals surface area contributed by atoms with Crippen molar-refractivity contribution in [2.75, 3.05) is 17.1 Å². The first-order chi connectivity index (χ1) is 17.4. The summed E-state index contributed by atoms with van der Waals surface area (Å²) in [5.74, 6) is -0.891. The lowest BCUT2D eigenvalue weighted by molar-refractivity contribution is -0.384. The lowest BCUT2D eigenvalue weighted by atomic mass is 10.1. The highest BCUT2D eigenvalue weighted by Crippen LogP contribution is 2.28. The molecule has 2 amide bonds. The Hall–Kier alpha value is -3.47. The molecule has 0 heterocycles. The van der Waals surface area contributed by atoms with Crippen LogP contribution >= 0.6 is 0 Å². The normalized spacial score (nSPS) is 14.7. The van der Waals surface area contributed by atoms with Gasteiger partial charge >= 0.3 is 0 Å². The molecular weight excluding hydrogens is 496 g/mol. The van der Waals surface area contributed by atoms with Gasteiger partial charge in [0.15, 0.2) is 0 Å². The van der Waals surface area contributed by atoms with Crippen molar-refractivity contribution in [3.05, 3.63) is 69.3 Å². The van der Waals surface area contributed by atoms with Gasteiger partial charge in [0.1, 0.15) is 12.6 Å². The summed E-state index contributed by atoms with van der Waals surface area (Å²) >= 11 is 0. The second-order valence-corrected chi connectivity index (χ2v) is 11.6. The first-order valence-electron chi connectivity index (χ1n) is 12.2. The SMILES string of the molecule is Cc1cccc(CN(C(=O)CN(c2cc([N+](=O)[O-])ccc2C)S(C)(=O)=O)[C@H](C)C(=O)NC2CCCC2)c1. The molecule has 1 atom stereocenters. The zero-order valence-electron chi connectivity index (χ0n) is 21.6. The Morgan fingerprint density at radius 3 is 2.41 bits per heavy atom. The van der Waals surface area contributed by atoms with Gasteiger partial charge in [-0.25, -0.2) is 8.42 Å². The number of aryl methyl sites for hydroxylation is 2. The maximum Gasteiger partial charge on any atom is 0.271 e. The smallest absolute Gasteiger partial charge is 0.271 e. The Kier molecular flexibility index (Phi) is 8.90. The van der Waals surface area contributed by atoms with Crippen molar-refractivity contribution < 1.29 is 22.9 Å². The van der Waals surface area contributed by atoms with Crippen LogP contribution in [0.3, 0.4) is 0 Å². The number of non-ortho nitro benzene ring substituents is 1. The molecule has 37 heavy (non-hydrogen) atoms. The molecule has 0 radical (unpaired) electrons. The molecule has 0 bridgehead atoms. The van der Waals surface area contributed by atoms with E-state index in [1.54, 1.807) is 13.8 Å². The second kappa shape index (κ2) is 11.7. The van der Waals surface area contributed by atoms with Crippen molar-refractivity contribution in [1.82, 2.24) is 10.2 Å². The number of nitro benzene ring substituents is 1. The third kappa shape index (κ3) is 7.28. The number of hydrogen-bond donors (Lipinski definition) is 1. The minimum atomic E-state index is -3.99. The zero-order valence-corrected chi connectivity index (χ0v) is 22.5. The topological polar surface area (TPSA) is 130 Å². The Balaban J connectivity index is 1.94. The van der Waals surface area contributed by atoms with Gasteiger partial charge in [0.05, 0.1) is 16.9 Å². The van der Waals surface area contributed by atoms with Crippen LogP contribution in [-0.2, 0) is 26.2 Å². The van der Waals surface area contributed by atoms with Crippen LogP contribution in [0.25, 0.3) is 0 Å². The fraction of sp³-hybridized carbons (Fsp3) is 0.462. The van der Waals surface area contributed by atoms with Crippen LogP contribution < -0.4 is 9.62 Å². The predicted molar refractivity (Wildman–Crippen MR) is 142 cm³/mol. The van der Waals surface area contributed by atoms with Gasteiger partial charge in [-0.1, -0.05) is 48.7 Å². The lowest BCUT2D eigenvalue weighted by Crippen LogP contribution is -2.52. The second-order valence-electron chi connectivity index (χ2n) is 9.67. The van der Waals surface area contributed by atoms with Crippen LogP contribution in [0.2, 0.25) is 0 Å².